The van der Waals surface area contributed by atoms with Crippen LogP contribution in [0.25, 0.3) is 0 Å². The summed E-state index contributed by atoms with van der Waals surface area (Å²) in [6.45, 7) is 8.00. The highest BCUT2D eigenvalue weighted by molar-refractivity contribution is 5.84. The highest BCUT2D eigenvalue weighted by atomic mass is 16.6. The maximum Gasteiger partial charge on any atom is 0.410 e. The van der Waals surface area contributed by atoms with Crippen LogP contribution in [-0.4, -0.2) is 53.7 Å². The maximum atomic E-state index is 12.3. The van der Waals surface area contributed by atoms with Gasteiger partial charge >= 0.3 is 12.1 Å². The maximum absolute atomic E-state index is 12.3. The van der Waals surface area contributed by atoms with E-state index in [2.05, 4.69) is 5.32 Å². The smallest absolute Gasteiger partial charge is 0.410 e. The first-order chi connectivity index (χ1) is 12.2. The molecule has 0 aromatic heterocycles. The van der Waals surface area contributed by atoms with Crippen LogP contribution in [0.5, 0.6) is 0 Å². The van der Waals surface area contributed by atoms with Crippen molar-refractivity contribution in [2.24, 2.45) is 5.92 Å². The number of nitrogens with zero attached hydrogens (tertiary/aromatic N) is 1. The zero-order valence-corrected chi connectivity index (χ0v) is 16.4. The van der Waals surface area contributed by atoms with Crippen LogP contribution in [0.1, 0.15) is 66.2 Å². The van der Waals surface area contributed by atoms with Crippen LogP contribution in [-0.2, 0) is 19.1 Å². The van der Waals surface area contributed by atoms with Crippen molar-refractivity contribution in [1.29, 1.82) is 0 Å². The Morgan fingerprint density at radius 2 is 1.62 bits per heavy atom. The molecule has 2 amide bonds. The summed E-state index contributed by atoms with van der Waals surface area (Å²) in [4.78, 5) is 38.1. The molecule has 1 saturated heterocycles. The molecule has 1 heterocycles. The van der Waals surface area contributed by atoms with E-state index in [-0.39, 0.29) is 29.9 Å². The van der Waals surface area contributed by atoms with Gasteiger partial charge in [-0.2, -0.15) is 0 Å². The molecule has 2 rings (SSSR count). The molecule has 1 atom stereocenters. The highest BCUT2D eigenvalue weighted by Gasteiger charge is 2.32. The van der Waals surface area contributed by atoms with Crippen molar-refractivity contribution in [3.05, 3.63) is 0 Å². The van der Waals surface area contributed by atoms with Crippen LogP contribution in [0.15, 0.2) is 0 Å². The summed E-state index contributed by atoms with van der Waals surface area (Å²) in [5, 5.41) is 2.95. The zero-order chi connectivity index (χ0) is 19.3. The lowest BCUT2D eigenvalue weighted by molar-refractivity contribution is -0.160. The van der Waals surface area contributed by atoms with Crippen molar-refractivity contribution in [3.63, 3.8) is 0 Å². The number of amides is 2. The van der Waals surface area contributed by atoms with E-state index < -0.39 is 11.7 Å². The van der Waals surface area contributed by atoms with E-state index in [4.69, 9.17) is 9.47 Å². The lowest BCUT2D eigenvalue weighted by Crippen LogP contribution is -2.45. The summed E-state index contributed by atoms with van der Waals surface area (Å²) >= 11 is 0. The van der Waals surface area contributed by atoms with Crippen molar-refractivity contribution in [1.82, 2.24) is 10.2 Å². The summed E-state index contributed by atoms with van der Waals surface area (Å²) < 4.78 is 10.7. The van der Waals surface area contributed by atoms with E-state index >= 15 is 0 Å². The summed E-state index contributed by atoms with van der Waals surface area (Å²) in [5.41, 5.74) is -0.533. The SMILES string of the molecule is C[C@H](OC(=O)C1CCN(C(=O)OC(C)(C)C)CC1)C(=O)NC1CCCC1. The number of hydrogen-bond donors (Lipinski definition) is 1. The van der Waals surface area contributed by atoms with Crippen molar-refractivity contribution in [2.45, 2.75) is 84.0 Å². The molecule has 0 aromatic carbocycles. The van der Waals surface area contributed by atoms with Gasteiger partial charge in [0.25, 0.3) is 5.91 Å². The molecule has 2 fully saturated rings. The lowest BCUT2D eigenvalue weighted by atomic mass is 9.97. The predicted octanol–water partition coefficient (Wildman–Crippen LogP) is 2.62. The standard InChI is InChI=1S/C19H32N2O5/c1-13(16(22)20-15-7-5-6-8-15)25-17(23)14-9-11-21(12-10-14)18(24)26-19(2,3)4/h13-15H,5-12H2,1-4H3,(H,20,22)/t13-/m0/s1. The molecular formula is C19H32N2O5. The van der Waals surface area contributed by atoms with Gasteiger partial charge in [0.2, 0.25) is 0 Å². The number of likely N-dealkylation sites (tertiary alicyclic amines) is 1. The number of nitrogens with one attached hydrogen (secondary N) is 1. The summed E-state index contributed by atoms with van der Waals surface area (Å²) in [6.07, 6.45) is 4.17. The summed E-state index contributed by atoms with van der Waals surface area (Å²) in [7, 11) is 0. The van der Waals surface area contributed by atoms with Gasteiger partial charge in [-0.05, 0) is 53.4 Å². The molecule has 1 aliphatic carbocycles. The van der Waals surface area contributed by atoms with Crippen LogP contribution in [0.2, 0.25) is 0 Å². The number of piperidine rings is 1. The van der Waals surface area contributed by atoms with Crippen LogP contribution < -0.4 is 5.32 Å². The Kier molecular flexibility index (Phi) is 6.89. The normalized spacial score (nSPS) is 20.5. The molecule has 0 bridgehead atoms. The van der Waals surface area contributed by atoms with Crippen LogP contribution in [0.3, 0.4) is 0 Å². The Morgan fingerprint density at radius 1 is 1.04 bits per heavy atom. The van der Waals surface area contributed by atoms with E-state index in [1.54, 1.807) is 11.8 Å². The average molecular weight is 368 g/mol. The largest absolute Gasteiger partial charge is 0.452 e. The minimum Gasteiger partial charge on any atom is -0.452 e. The first-order valence-corrected chi connectivity index (χ1v) is 9.64. The van der Waals surface area contributed by atoms with Crippen LogP contribution in [0, 0.1) is 5.92 Å². The first kappa shape index (κ1) is 20.5. The van der Waals surface area contributed by atoms with Gasteiger partial charge in [-0.1, -0.05) is 12.8 Å². The third-order valence-electron chi connectivity index (χ3n) is 4.84. The molecule has 148 valence electrons. The van der Waals surface area contributed by atoms with Crippen molar-refractivity contribution >= 4 is 18.0 Å². The van der Waals surface area contributed by atoms with Crippen molar-refractivity contribution < 1.29 is 23.9 Å². The number of hydrogen-bond acceptors (Lipinski definition) is 5. The fourth-order valence-electron chi connectivity index (χ4n) is 3.34. The molecule has 1 saturated carbocycles. The molecule has 0 spiro atoms. The molecule has 7 nitrogen and oxygen atoms in total. The van der Waals surface area contributed by atoms with Gasteiger partial charge in [0.05, 0.1) is 5.92 Å². The Morgan fingerprint density at radius 3 is 2.15 bits per heavy atom. The molecule has 2 aliphatic rings. The van der Waals surface area contributed by atoms with E-state index in [0.29, 0.717) is 25.9 Å². The molecule has 26 heavy (non-hydrogen) atoms. The second-order valence-corrected chi connectivity index (χ2v) is 8.31. The Labute approximate surface area is 155 Å². The second-order valence-electron chi connectivity index (χ2n) is 8.31. The molecular weight excluding hydrogens is 336 g/mol. The number of ether oxygens (including phenoxy) is 2. The third kappa shape index (κ3) is 6.18. The van der Waals surface area contributed by atoms with Gasteiger partial charge in [-0.15, -0.1) is 0 Å². The third-order valence-corrected chi connectivity index (χ3v) is 4.84. The van der Waals surface area contributed by atoms with Gasteiger partial charge in [-0.3, -0.25) is 9.59 Å². The fourth-order valence-corrected chi connectivity index (χ4v) is 3.34. The van der Waals surface area contributed by atoms with Gasteiger partial charge in [-0.25, -0.2) is 4.79 Å². The molecule has 0 aromatic rings. The number of rotatable bonds is 4. The Bertz CT molecular complexity index is 515. The fraction of sp³-hybridized carbons (Fsp3) is 0.842. The minimum absolute atomic E-state index is 0.209. The highest BCUT2D eigenvalue weighted by Crippen LogP contribution is 2.22. The quantitative estimate of drug-likeness (QED) is 0.771. The Balaban J connectivity index is 1.73. The molecule has 7 heteroatoms. The summed E-state index contributed by atoms with van der Waals surface area (Å²) in [5.74, 6) is -0.866. The number of esters is 1. The predicted molar refractivity (Wildman–Crippen MR) is 96.5 cm³/mol. The van der Waals surface area contributed by atoms with Gasteiger partial charge in [0, 0.05) is 19.1 Å². The van der Waals surface area contributed by atoms with Crippen LogP contribution in [0.4, 0.5) is 4.79 Å². The van der Waals surface area contributed by atoms with Crippen molar-refractivity contribution in [2.75, 3.05) is 13.1 Å². The topological polar surface area (TPSA) is 84.9 Å². The van der Waals surface area contributed by atoms with E-state index in [0.717, 1.165) is 25.7 Å². The van der Waals surface area contributed by atoms with E-state index in [1.165, 1.54) is 0 Å². The van der Waals surface area contributed by atoms with Crippen molar-refractivity contribution in [3.8, 4) is 0 Å². The van der Waals surface area contributed by atoms with Gasteiger partial charge < -0.3 is 19.7 Å². The zero-order valence-electron chi connectivity index (χ0n) is 16.4. The Hall–Kier alpha value is -1.79. The average Bonchev–Trinajstić information content (AvgIpc) is 3.06. The monoisotopic (exact) mass is 368 g/mol. The molecule has 1 N–H and O–H groups in total. The molecule has 1 aliphatic heterocycles. The van der Waals surface area contributed by atoms with Gasteiger partial charge in [0.15, 0.2) is 6.10 Å². The first-order valence-electron chi connectivity index (χ1n) is 9.64. The second kappa shape index (κ2) is 8.73. The number of carbonyl (C=O) groups is 3. The van der Waals surface area contributed by atoms with Crippen LogP contribution >= 0.6 is 0 Å². The summed E-state index contributed by atoms with van der Waals surface area (Å²) in [6, 6.07) is 0.209. The molecule has 0 unspecified atom stereocenters. The van der Waals surface area contributed by atoms with E-state index in [9.17, 15) is 14.4 Å². The minimum atomic E-state index is -0.785. The van der Waals surface area contributed by atoms with E-state index in [1.807, 2.05) is 20.8 Å². The van der Waals surface area contributed by atoms with Gasteiger partial charge in [0.1, 0.15) is 5.60 Å². The lowest BCUT2D eigenvalue weighted by Gasteiger charge is -2.32. The number of carbonyl (C=O) groups excluding carboxylic acids is 3. The molecule has 0 radical (unpaired) electrons.